The number of ether oxygens (including phenoxy) is 1. The van der Waals surface area contributed by atoms with Crippen LogP contribution >= 0.6 is 0 Å². The highest BCUT2D eigenvalue weighted by Crippen LogP contribution is 2.20. The molecule has 0 saturated heterocycles. The van der Waals surface area contributed by atoms with Crippen molar-refractivity contribution < 1.29 is 14.3 Å². The number of ketones is 1. The summed E-state index contributed by atoms with van der Waals surface area (Å²) in [6.45, 7) is 7.18. The molecular weight excluding hydrogens is 588 g/mol. The zero-order valence-electron chi connectivity index (χ0n) is 33.1. The Kier molecular flexibility index (Phi) is 39.4. The Morgan fingerprint density at radius 1 is 0.417 bits per heavy atom. The molecule has 0 spiro atoms. The van der Waals surface area contributed by atoms with E-state index in [0.29, 0.717) is 19.4 Å². The largest absolute Gasteiger partial charge is 0.465 e. The predicted molar refractivity (Wildman–Crippen MR) is 212 cm³/mol. The summed E-state index contributed by atoms with van der Waals surface area (Å²) in [5, 5.41) is 0. The second-order valence-corrected chi connectivity index (χ2v) is 15.0. The first-order chi connectivity index (χ1) is 23.7. The molecule has 48 heavy (non-hydrogen) atoms. The summed E-state index contributed by atoms with van der Waals surface area (Å²) in [7, 11) is 0. The summed E-state index contributed by atoms with van der Waals surface area (Å²) >= 11 is 0. The first-order valence-corrected chi connectivity index (χ1v) is 22.0. The normalized spacial score (nSPS) is 12.2. The summed E-state index contributed by atoms with van der Waals surface area (Å²) in [4.78, 5) is 26.0. The van der Waals surface area contributed by atoms with Crippen molar-refractivity contribution in [3.63, 3.8) is 0 Å². The Morgan fingerprint density at radius 3 is 1.17 bits per heavy atom. The molecule has 1 unspecified atom stereocenters. The molecule has 3 nitrogen and oxygen atoms in total. The lowest BCUT2D eigenvalue weighted by Crippen LogP contribution is -2.26. The van der Waals surface area contributed by atoms with Crippen molar-refractivity contribution in [2.75, 3.05) is 6.61 Å². The van der Waals surface area contributed by atoms with Gasteiger partial charge in [-0.1, -0.05) is 213 Å². The van der Waals surface area contributed by atoms with Gasteiger partial charge in [0.25, 0.3) is 0 Å². The number of rotatable bonds is 40. The van der Waals surface area contributed by atoms with Crippen LogP contribution in [0.1, 0.15) is 252 Å². The quantitative estimate of drug-likeness (QED) is 0.0281. The third kappa shape index (κ3) is 34.7. The van der Waals surface area contributed by atoms with E-state index in [1.165, 1.54) is 173 Å². The minimum Gasteiger partial charge on any atom is -0.465 e. The molecular formula is C45H86O3. The van der Waals surface area contributed by atoms with Gasteiger partial charge in [0.05, 0.1) is 6.61 Å². The minimum atomic E-state index is -0.538. The van der Waals surface area contributed by atoms with Crippen molar-refractivity contribution >= 4 is 11.8 Å². The van der Waals surface area contributed by atoms with Crippen LogP contribution in [0, 0.1) is 5.92 Å². The Bertz CT molecular complexity index is 684. The maximum atomic E-state index is 13.1. The van der Waals surface area contributed by atoms with Gasteiger partial charge in [-0.3, -0.25) is 9.59 Å². The highest BCUT2D eigenvalue weighted by molar-refractivity contribution is 5.98. The summed E-state index contributed by atoms with van der Waals surface area (Å²) in [5.74, 6) is -0.666. The smallest absolute Gasteiger partial charge is 0.316 e. The topological polar surface area (TPSA) is 43.4 Å². The molecule has 0 N–H and O–H groups in total. The Balaban J connectivity index is 3.96. The van der Waals surface area contributed by atoms with Gasteiger partial charge in [0.2, 0.25) is 0 Å². The molecule has 0 rings (SSSR count). The average Bonchev–Trinajstić information content (AvgIpc) is 3.09. The molecule has 3 heteroatoms. The molecule has 0 amide bonds. The van der Waals surface area contributed by atoms with Crippen LogP contribution in [0.4, 0.5) is 0 Å². The van der Waals surface area contributed by atoms with Crippen LogP contribution in [0.25, 0.3) is 0 Å². The first kappa shape index (κ1) is 46.9. The highest BCUT2D eigenvalue weighted by Gasteiger charge is 2.26. The van der Waals surface area contributed by atoms with E-state index in [0.717, 1.165) is 44.9 Å². The molecule has 0 saturated carbocycles. The number of carbonyl (C=O) groups excluding carboxylic acids is 2. The van der Waals surface area contributed by atoms with Gasteiger partial charge in [0, 0.05) is 6.42 Å². The summed E-state index contributed by atoms with van der Waals surface area (Å²) in [5.41, 5.74) is 0. The van der Waals surface area contributed by atoms with Gasteiger partial charge in [-0.05, 0) is 44.9 Å². The molecule has 0 fully saturated rings. The Labute approximate surface area is 302 Å². The van der Waals surface area contributed by atoms with Crippen molar-refractivity contribution in [2.24, 2.45) is 5.92 Å². The second kappa shape index (κ2) is 40.3. The van der Waals surface area contributed by atoms with Crippen LogP contribution in [0.15, 0.2) is 12.2 Å². The fourth-order valence-corrected chi connectivity index (χ4v) is 6.83. The zero-order valence-corrected chi connectivity index (χ0v) is 33.1. The van der Waals surface area contributed by atoms with Crippen LogP contribution < -0.4 is 0 Å². The lowest BCUT2D eigenvalue weighted by atomic mass is 9.92. The number of hydrogen-bond donors (Lipinski definition) is 0. The third-order valence-electron chi connectivity index (χ3n) is 10.2. The van der Waals surface area contributed by atoms with E-state index in [4.69, 9.17) is 4.74 Å². The van der Waals surface area contributed by atoms with Crippen LogP contribution in [0.5, 0.6) is 0 Å². The lowest BCUT2D eigenvalue weighted by molar-refractivity contribution is -0.152. The number of unbranched alkanes of at least 4 members (excludes halogenated alkanes) is 30. The fraction of sp³-hybridized carbons (Fsp3) is 0.911. The molecule has 284 valence electrons. The summed E-state index contributed by atoms with van der Waals surface area (Å²) in [6.07, 6.45) is 49.6. The first-order valence-electron chi connectivity index (χ1n) is 22.0. The van der Waals surface area contributed by atoms with Crippen molar-refractivity contribution in [1.82, 2.24) is 0 Å². The fourth-order valence-electron chi connectivity index (χ4n) is 6.83. The van der Waals surface area contributed by atoms with Gasteiger partial charge in [-0.2, -0.15) is 0 Å². The van der Waals surface area contributed by atoms with Gasteiger partial charge < -0.3 is 4.74 Å². The summed E-state index contributed by atoms with van der Waals surface area (Å²) in [6, 6.07) is 0. The predicted octanol–water partition coefficient (Wildman–Crippen LogP) is 15.4. The molecule has 0 aliphatic rings. The molecule has 0 heterocycles. The van der Waals surface area contributed by atoms with E-state index in [1.807, 2.05) is 0 Å². The monoisotopic (exact) mass is 675 g/mol. The second-order valence-electron chi connectivity index (χ2n) is 15.0. The van der Waals surface area contributed by atoms with Crippen LogP contribution in [-0.2, 0) is 14.3 Å². The van der Waals surface area contributed by atoms with Crippen LogP contribution in [-0.4, -0.2) is 18.4 Å². The molecule has 0 aliphatic carbocycles. The number of hydrogen-bond acceptors (Lipinski definition) is 3. The van der Waals surface area contributed by atoms with Gasteiger partial charge >= 0.3 is 5.97 Å². The van der Waals surface area contributed by atoms with Crippen molar-refractivity contribution in [1.29, 1.82) is 0 Å². The van der Waals surface area contributed by atoms with E-state index in [9.17, 15) is 9.59 Å². The van der Waals surface area contributed by atoms with Gasteiger partial charge in [0.1, 0.15) is 11.7 Å². The van der Waals surface area contributed by atoms with E-state index >= 15 is 0 Å². The van der Waals surface area contributed by atoms with E-state index < -0.39 is 5.92 Å². The number of allylic oxidation sites excluding steroid dienone is 2. The molecule has 1 atom stereocenters. The molecule has 0 aromatic carbocycles. The number of esters is 1. The lowest BCUT2D eigenvalue weighted by Gasteiger charge is -2.15. The zero-order chi connectivity index (χ0) is 35.0. The van der Waals surface area contributed by atoms with Crippen molar-refractivity contribution in [2.45, 2.75) is 252 Å². The number of carbonyl (C=O) groups is 2. The minimum absolute atomic E-state index is 0.125. The van der Waals surface area contributed by atoms with Gasteiger partial charge in [-0.25, -0.2) is 0 Å². The molecule has 0 aromatic heterocycles. The van der Waals surface area contributed by atoms with Crippen LogP contribution in [0.3, 0.4) is 0 Å². The van der Waals surface area contributed by atoms with Gasteiger partial charge in [0.15, 0.2) is 0 Å². The highest BCUT2D eigenvalue weighted by atomic mass is 16.5. The standard InChI is InChI=1S/C45H86O3/c1-4-7-10-12-14-16-18-20-22-23-24-26-27-29-31-33-35-37-40-43(45(47)48-42-39-9-6-3)44(46)41-38-36-34-32-30-28-25-21-19-17-15-13-11-8-5-2/h21,25,43H,4-20,22-24,26-42H2,1-3H3/b25-21-. The third-order valence-corrected chi connectivity index (χ3v) is 10.2. The van der Waals surface area contributed by atoms with E-state index in [2.05, 4.69) is 32.9 Å². The van der Waals surface area contributed by atoms with Crippen LogP contribution in [0.2, 0.25) is 0 Å². The van der Waals surface area contributed by atoms with E-state index in [1.54, 1.807) is 0 Å². The maximum absolute atomic E-state index is 13.1. The maximum Gasteiger partial charge on any atom is 0.316 e. The molecule has 0 bridgehead atoms. The summed E-state index contributed by atoms with van der Waals surface area (Å²) < 4.78 is 5.58. The molecule has 0 aliphatic heterocycles. The van der Waals surface area contributed by atoms with Gasteiger partial charge in [-0.15, -0.1) is 0 Å². The van der Waals surface area contributed by atoms with E-state index in [-0.39, 0.29) is 11.8 Å². The number of Topliss-reactive ketones (excluding diaryl/α,β-unsaturated/α-hetero) is 1. The SMILES string of the molecule is CCCCCCCC/C=C\CCCCCCCC(=O)C(CCCCCCCCCCCCCCCCCCCC)C(=O)OCCCCC. The van der Waals surface area contributed by atoms with Crippen molar-refractivity contribution in [3.05, 3.63) is 12.2 Å². The average molecular weight is 675 g/mol. The molecule has 0 aromatic rings. The Morgan fingerprint density at radius 2 is 0.750 bits per heavy atom. The molecule has 0 radical (unpaired) electrons. The van der Waals surface area contributed by atoms with Crippen molar-refractivity contribution in [3.8, 4) is 0 Å². The Hall–Kier alpha value is -1.12.